The Morgan fingerprint density at radius 1 is 0.295 bits per heavy atom. The lowest BCUT2D eigenvalue weighted by atomic mass is 10.3. The molecule has 6 rings (SSSR count). The molecule has 44 heavy (non-hydrogen) atoms. The molecule has 0 aliphatic heterocycles. The normalized spacial score (nSPS) is 11.9. The van der Waals surface area contributed by atoms with Crippen LogP contribution in [0.5, 0.6) is 0 Å². The zero-order valence-electron chi connectivity index (χ0n) is 24.2. The lowest BCUT2D eigenvalue weighted by molar-refractivity contribution is 0.347. The Labute approximate surface area is 260 Å². The van der Waals surface area contributed by atoms with Crippen molar-refractivity contribution in [3.8, 4) is 0 Å². The molecule has 214 valence electrons. The smallest absolute Gasteiger partial charge is 0.380 e. The highest BCUT2D eigenvalue weighted by Gasteiger charge is 2.46. The van der Waals surface area contributed by atoms with Crippen LogP contribution in [-0.2, 0) is 9.05 Å². The highest BCUT2D eigenvalue weighted by atomic mass is 28.4. The maximum Gasteiger partial charge on any atom is 0.380 e. The van der Waals surface area contributed by atoms with E-state index in [4.69, 9.17) is 9.05 Å². The van der Waals surface area contributed by atoms with Crippen LogP contribution < -0.4 is 31.1 Å². The molecular weight excluding hydrogens is 573 g/mol. The second-order valence-corrected chi connectivity index (χ2v) is 16.8. The molecule has 0 saturated carbocycles. The van der Waals surface area contributed by atoms with Gasteiger partial charge in [-0.2, -0.15) is 0 Å². The van der Waals surface area contributed by atoms with E-state index in [1.807, 2.05) is 109 Å². The average molecular weight is 605 g/mol. The molecular formula is C38H32N2O2Si2. The van der Waals surface area contributed by atoms with Gasteiger partial charge in [0.25, 0.3) is 0 Å². The maximum atomic E-state index is 6.65. The first-order valence-corrected chi connectivity index (χ1v) is 18.4. The summed E-state index contributed by atoms with van der Waals surface area (Å²) < 4.78 is 13.3. The Kier molecular flexibility index (Phi) is 9.02. The summed E-state index contributed by atoms with van der Waals surface area (Å²) in [6.45, 7) is 0. The van der Waals surface area contributed by atoms with Crippen LogP contribution in [0.4, 0.5) is 0 Å². The maximum absolute atomic E-state index is 6.65. The summed E-state index contributed by atoms with van der Waals surface area (Å²) >= 11 is 0. The monoisotopic (exact) mass is 604 g/mol. The minimum atomic E-state index is -2.97. The first-order valence-electron chi connectivity index (χ1n) is 14.6. The van der Waals surface area contributed by atoms with E-state index in [0.29, 0.717) is 0 Å². The fourth-order valence-electron chi connectivity index (χ4n) is 5.63. The molecule has 0 amide bonds. The van der Waals surface area contributed by atoms with E-state index in [-0.39, 0.29) is 0 Å². The summed E-state index contributed by atoms with van der Waals surface area (Å²) in [5.41, 5.74) is 0. The number of hydrogen-bond donors (Lipinski definition) is 0. The molecule has 0 aliphatic carbocycles. The Morgan fingerprint density at radius 2 is 0.477 bits per heavy atom. The van der Waals surface area contributed by atoms with E-state index < -0.39 is 16.6 Å². The van der Waals surface area contributed by atoms with Crippen molar-refractivity contribution in [3.63, 3.8) is 0 Å². The number of hydrogen-bond acceptors (Lipinski definition) is 4. The molecule has 0 spiro atoms. The van der Waals surface area contributed by atoms with Gasteiger partial charge in [0.2, 0.25) is 0 Å². The molecule has 0 N–H and O–H groups in total. The number of oxime groups is 2. The van der Waals surface area contributed by atoms with E-state index in [1.165, 1.54) is 0 Å². The van der Waals surface area contributed by atoms with Crippen molar-refractivity contribution < 1.29 is 9.05 Å². The molecule has 0 aliphatic rings. The Hall–Kier alpha value is -5.31. The van der Waals surface area contributed by atoms with Crippen molar-refractivity contribution in [3.05, 3.63) is 182 Å². The summed E-state index contributed by atoms with van der Waals surface area (Å²) in [7, 11) is -5.94. The third-order valence-corrected chi connectivity index (χ3v) is 15.3. The number of nitrogens with zero attached hydrogens (tertiary/aromatic N) is 2. The summed E-state index contributed by atoms with van der Waals surface area (Å²) in [5.74, 6) is 0. The van der Waals surface area contributed by atoms with Crippen molar-refractivity contribution in [2.24, 2.45) is 10.3 Å². The van der Waals surface area contributed by atoms with Crippen molar-refractivity contribution in [2.75, 3.05) is 0 Å². The summed E-state index contributed by atoms with van der Waals surface area (Å²) in [4.78, 5) is 0. The Morgan fingerprint density at radius 3 is 0.659 bits per heavy atom. The van der Waals surface area contributed by atoms with Crippen molar-refractivity contribution >= 4 is 60.2 Å². The van der Waals surface area contributed by atoms with Crippen LogP contribution in [0.2, 0.25) is 0 Å². The molecule has 0 aromatic heterocycles. The van der Waals surface area contributed by atoms with Crippen LogP contribution in [-0.4, -0.2) is 29.1 Å². The van der Waals surface area contributed by atoms with Gasteiger partial charge in [-0.25, -0.2) is 0 Å². The summed E-state index contributed by atoms with van der Waals surface area (Å²) in [6, 6.07) is 62.2. The minimum Gasteiger partial charge on any atom is -0.438 e. The quantitative estimate of drug-likeness (QED) is 0.0957. The standard InChI is InChI=1S/C38H32N2O2Si2/c1-7-19-33(20-8-1)43(34-21-9-2-10-22-34,35-23-11-3-12-24-35)41-39-31-32-40-42-44(36-25-13-4-14-26-36,37-27-15-5-16-28-37)38-29-17-6-18-30-38/h1-32H. The van der Waals surface area contributed by atoms with Crippen LogP contribution in [0.25, 0.3) is 0 Å². The lowest BCUT2D eigenvalue weighted by Crippen LogP contribution is -2.68. The molecule has 0 bridgehead atoms. The van der Waals surface area contributed by atoms with E-state index in [1.54, 1.807) is 12.4 Å². The molecule has 0 fully saturated rings. The van der Waals surface area contributed by atoms with Gasteiger partial charge in [-0.15, -0.1) is 10.3 Å². The zero-order chi connectivity index (χ0) is 29.9. The molecule has 6 heteroatoms. The second-order valence-electron chi connectivity index (χ2n) is 10.3. The fraction of sp³-hybridized carbons (Fsp3) is 0. The second kappa shape index (κ2) is 13.8. The highest BCUT2D eigenvalue weighted by Crippen LogP contribution is 2.12. The molecule has 6 aromatic carbocycles. The highest BCUT2D eigenvalue weighted by molar-refractivity contribution is 7.07. The first-order chi connectivity index (χ1) is 21.8. The van der Waals surface area contributed by atoms with Gasteiger partial charge in [0.1, 0.15) is 0 Å². The molecule has 0 atom stereocenters. The Balaban J connectivity index is 1.37. The minimum absolute atomic E-state index is 1.10. The fourth-order valence-corrected chi connectivity index (χ4v) is 12.7. The van der Waals surface area contributed by atoms with Crippen LogP contribution in [0.1, 0.15) is 0 Å². The van der Waals surface area contributed by atoms with Crippen molar-refractivity contribution in [1.29, 1.82) is 0 Å². The SMILES string of the molecule is C(C=NO[Si](c1ccccc1)(c1ccccc1)c1ccccc1)=NO[Si](c1ccccc1)(c1ccccc1)c1ccccc1. The average Bonchev–Trinajstić information content (AvgIpc) is 3.12. The predicted molar refractivity (Wildman–Crippen MR) is 187 cm³/mol. The van der Waals surface area contributed by atoms with Gasteiger partial charge in [-0.1, -0.05) is 182 Å². The molecule has 0 radical (unpaired) electrons. The molecule has 0 heterocycles. The van der Waals surface area contributed by atoms with Gasteiger partial charge in [0, 0.05) is 0 Å². The lowest BCUT2D eigenvalue weighted by Gasteiger charge is -2.30. The van der Waals surface area contributed by atoms with Crippen LogP contribution in [0.3, 0.4) is 0 Å². The molecule has 0 unspecified atom stereocenters. The predicted octanol–water partition coefficient (Wildman–Crippen LogP) is 4.33. The van der Waals surface area contributed by atoms with Crippen LogP contribution in [0, 0.1) is 0 Å². The zero-order valence-corrected chi connectivity index (χ0v) is 26.2. The van der Waals surface area contributed by atoms with Crippen molar-refractivity contribution in [1.82, 2.24) is 0 Å². The summed E-state index contributed by atoms with van der Waals surface area (Å²) in [6.07, 6.45) is 3.16. The number of rotatable bonds is 11. The van der Waals surface area contributed by atoms with E-state index in [0.717, 1.165) is 31.1 Å². The van der Waals surface area contributed by atoms with E-state index >= 15 is 0 Å². The molecule has 6 aromatic rings. The molecule has 0 saturated heterocycles. The third-order valence-electron chi connectivity index (χ3n) is 7.65. The van der Waals surface area contributed by atoms with Crippen molar-refractivity contribution in [2.45, 2.75) is 0 Å². The Bertz CT molecular complexity index is 1460. The van der Waals surface area contributed by atoms with E-state index in [2.05, 4.69) is 83.1 Å². The van der Waals surface area contributed by atoms with Crippen LogP contribution in [0.15, 0.2) is 192 Å². The third kappa shape index (κ3) is 5.81. The van der Waals surface area contributed by atoms with Gasteiger partial charge < -0.3 is 9.05 Å². The number of benzene rings is 6. The van der Waals surface area contributed by atoms with Gasteiger partial charge in [-0.3, -0.25) is 0 Å². The first kappa shape index (κ1) is 28.8. The van der Waals surface area contributed by atoms with Gasteiger partial charge in [-0.05, 0) is 31.1 Å². The van der Waals surface area contributed by atoms with E-state index in [9.17, 15) is 0 Å². The summed E-state index contributed by atoms with van der Waals surface area (Å²) in [5, 5.41) is 15.7. The van der Waals surface area contributed by atoms with Gasteiger partial charge in [0.15, 0.2) is 0 Å². The van der Waals surface area contributed by atoms with Gasteiger partial charge >= 0.3 is 16.6 Å². The van der Waals surface area contributed by atoms with Gasteiger partial charge in [0.05, 0.1) is 12.4 Å². The topological polar surface area (TPSA) is 43.2 Å². The molecule has 4 nitrogen and oxygen atoms in total. The van der Waals surface area contributed by atoms with Crippen LogP contribution >= 0.6 is 0 Å². The largest absolute Gasteiger partial charge is 0.438 e.